The van der Waals surface area contributed by atoms with E-state index >= 15 is 0 Å². The molecule has 0 bridgehead atoms. The van der Waals surface area contributed by atoms with E-state index in [2.05, 4.69) is 15.6 Å². The molecule has 0 spiro atoms. The number of carbonyl (C=O) groups is 2. The van der Waals surface area contributed by atoms with Gasteiger partial charge >= 0.3 is 0 Å². The van der Waals surface area contributed by atoms with Crippen LogP contribution in [0.25, 0.3) is 0 Å². The minimum Gasteiger partial charge on any atom is -0.346 e. The molecule has 0 fully saturated rings. The summed E-state index contributed by atoms with van der Waals surface area (Å²) < 4.78 is 1.26. The Morgan fingerprint density at radius 1 is 1.13 bits per heavy atom. The number of nitrogens with zero attached hydrogens (tertiary/aromatic N) is 3. The molecule has 0 aliphatic carbocycles. The molecule has 2 heterocycles. The van der Waals surface area contributed by atoms with Crippen LogP contribution in [0, 0.1) is 25.2 Å². The number of rotatable bonds is 6. The molecule has 8 heteroatoms. The van der Waals surface area contributed by atoms with Crippen molar-refractivity contribution in [1.29, 1.82) is 5.26 Å². The Hall–Kier alpha value is -4.25. The van der Waals surface area contributed by atoms with Crippen LogP contribution in [0.3, 0.4) is 0 Å². The van der Waals surface area contributed by atoms with Crippen LogP contribution in [0.5, 0.6) is 0 Å². The van der Waals surface area contributed by atoms with Gasteiger partial charge in [0, 0.05) is 23.1 Å². The number of pyridine rings is 2. The molecule has 3 aromatic rings. The highest BCUT2D eigenvalue weighted by Gasteiger charge is 2.13. The van der Waals surface area contributed by atoms with Crippen molar-refractivity contribution in [2.75, 3.05) is 5.32 Å². The van der Waals surface area contributed by atoms with E-state index in [1.807, 2.05) is 18.2 Å². The Bertz CT molecular complexity index is 1210. The average molecular weight is 415 g/mol. The molecular weight excluding hydrogens is 394 g/mol. The van der Waals surface area contributed by atoms with Crippen LogP contribution in [-0.2, 0) is 17.9 Å². The van der Waals surface area contributed by atoms with E-state index in [1.54, 1.807) is 56.4 Å². The summed E-state index contributed by atoms with van der Waals surface area (Å²) in [5.74, 6) is -0.667. The number of amides is 2. The first kappa shape index (κ1) is 21.5. The molecule has 0 unspecified atom stereocenters. The summed E-state index contributed by atoms with van der Waals surface area (Å²) in [5.41, 5.74) is 2.40. The third-order valence-electron chi connectivity index (χ3n) is 4.71. The predicted molar refractivity (Wildman–Crippen MR) is 115 cm³/mol. The zero-order valence-corrected chi connectivity index (χ0v) is 17.2. The number of aryl methyl sites for hydroxylation is 2. The van der Waals surface area contributed by atoms with Crippen LogP contribution in [0.15, 0.2) is 59.5 Å². The number of carbonyl (C=O) groups excluding carboxylic acids is 2. The van der Waals surface area contributed by atoms with Crippen LogP contribution >= 0.6 is 0 Å². The smallest absolute Gasteiger partial charge is 0.269 e. The van der Waals surface area contributed by atoms with Crippen LogP contribution in [0.4, 0.5) is 5.69 Å². The molecule has 3 rings (SSSR count). The van der Waals surface area contributed by atoms with E-state index in [0.717, 1.165) is 5.69 Å². The number of hydrogen-bond acceptors (Lipinski definition) is 5. The van der Waals surface area contributed by atoms with Gasteiger partial charge in [-0.1, -0.05) is 6.07 Å². The zero-order chi connectivity index (χ0) is 22.4. The van der Waals surface area contributed by atoms with Crippen LogP contribution < -0.4 is 16.2 Å². The predicted octanol–water partition coefficient (Wildman–Crippen LogP) is 2.30. The highest BCUT2D eigenvalue weighted by atomic mass is 16.2. The molecule has 0 atom stereocenters. The maximum Gasteiger partial charge on any atom is 0.269 e. The van der Waals surface area contributed by atoms with Crippen molar-refractivity contribution in [3.8, 4) is 6.07 Å². The van der Waals surface area contributed by atoms with E-state index in [4.69, 9.17) is 5.26 Å². The summed E-state index contributed by atoms with van der Waals surface area (Å²) in [4.78, 5) is 41.2. The van der Waals surface area contributed by atoms with Gasteiger partial charge in [0.1, 0.15) is 18.2 Å². The number of anilines is 1. The van der Waals surface area contributed by atoms with Crippen molar-refractivity contribution in [3.05, 3.63) is 93.2 Å². The fourth-order valence-electron chi connectivity index (χ4n) is 3.08. The molecule has 2 aromatic heterocycles. The Balaban J connectivity index is 1.62. The highest BCUT2D eigenvalue weighted by molar-refractivity contribution is 5.95. The fourth-order valence-corrected chi connectivity index (χ4v) is 3.08. The summed E-state index contributed by atoms with van der Waals surface area (Å²) in [5, 5.41) is 14.6. The third kappa shape index (κ3) is 5.22. The fraction of sp³-hybridized carbons (Fsp3) is 0.174. The Kier molecular flexibility index (Phi) is 6.58. The van der Waals surface area contributed by atoms with Crippen molar-refractivity contribution in [2.45, 2.75) is 26.9 Å². The van der Waals surface area contributed by atoms with Gasteiger partial charge in [0.05, 0.1) is 12.2 Å². The van der Waals surface area contributed by atoms with Crippen LogP contribution in [0.1, 0.15) is 32.9 Å². The largest absolute Gasteiger partial charge is 0.346 e. The molecule has 2 amide bonds. The van der Waals surface area contributed by atoms with Gasteiger partial charge in [-0.2, -0.15) is 5.26 Å². The molecule has 0 saturated carbocycles. The van der Waals surface area contributed by atoms with Crippen molar-refractivity contribution in [1.82, 2.24) is 14.9 Å². The molecule has 31 heavy (non-hydrogen) atoms. The summed E-state index contributed by atoms with van der Waals surface area (Å²) in [6.07, 6.45) is 1.66. The first-order valence-electron chi connectivity index (χ1n) is 9.58. The van der Waals surface area contributed by atoms with Crippen LogP contribution in [-0.4, -0.2) is 21.4 Å². The number of benzene rings is 1. The van der Waals surface area contributed by atoms with E-state index in [0.29, 0.717) is 29.1 Å². The molecule has 1 aromatic carbocycles. The summed E-state index contributed by atoms with van der Waals surface area (Å²) in [6.45, 7) is 3.49. The molecule has 0 aliphatic heterocycles. The molecule has 0 aliphatic rings. The van der Waals surface area contributed by atoms with Gasteiger partial charge in [0.25, 0.3) is 11.5 Å². The average Bonchev–Trinajstić information content (AvgIpc) is 2.76. The van der Waals surface area contributed by atoms with Crippen LogP contribution in [0.2, 0.25) is 0 Å². The zero-order valence-electron chi connectivity index (χ0n) is 17.2. The van der Waals surface area contributed by atoms with Gasteiger partial charge in [0.2, 0.25) is 5.91 Å². The Morgan fingerprint density at radius 2 is 1.87 bits per heavy atom. The summed E-state index contributed by atoms with van der Waals surface area (Å²) in [6, 6.07) is 15.5. The molecule has 156 valence electrons. The summed E-state index contributed by atoms with van der Waals surface area (Å²) in [7, 11) is 0. The third-order valence-corrected chi connectivity index (χ3v) is 4.71. The maximum atomic E-state index is 12.4. The standard InChI is InChI=1S/C23H21N5O3/c1-15-11-16(2)28(23(31)20(15)12-24)14-21(29)27-18-8-6-17(7-9-18)22(30)26-13-19-5-3-4-10-25-19/h3-11H,13-14H2,1-2H3,(H,26,30)(H,27,29). The molecule has 0 saturated heterocycles. The minimum atomic E-state index is -0.491. The van der Waals surface area contributed by atoms with Gasteiger partial charge in [-0.3, -0.25) is 19.4 Å². The number of hydrogen-bond donors (Lipinski definition) is 2. The van der Waals surface area contributed by atoms with Gasteiger partial charge in [-0.05, 0) is 61.9 Å². The SMILES string of the molecule is Cc1cc(C)n(CC(=O)Nc2ccc(C(=O)NCc3ccccn3)cc2)c(=O)c1C#N. The molecular formula is C23H21N5O3. The Morgan fingerprint density at radius 3 is 2.52 bits per heavy atom. The molecule has 0 radical (unpaired) electrons. The van der Waals surface area contributed by atoms with E-state index in [9.17, 15) is 14.4 Å². The second-order valence-electron chi connectivity index (χ2n) is 6.98. The van der Waals surface area contributed by atoms with Gasteiger partial charge in [0.15, 0.2) is 0 Å². The quantitative estimate of drug-likeness (QED) is 0.641. The van der Waals surface area contributed by atoms with Gasteiger partial charge in [-0.15, -0.1) is 0 Å². The number of nitriles is 1. The highest BCUT2D eigenvalue weighted by Crippen LogP contribution is 2.11. The van der Waals surface area contributed by atoms with E-state index < -0.39 is 11.5 Å². The number of aromatic nitrogens is 2. The lowest BCUT2D eigenvalue weighted by Crippen LogP contribution is -2.31. The van der Waals surface area contributed by atoms with E-state index in [-0.39, 0.29) is 18.0 Å². The first-order valence-corrected chi connectivity index (χ1v) is 9.58. The van der Waals surface area contributed by atoms with Gasteiger partial charge in [-0.25, -0.2) is 0 Å². The van der Waals surface area contributed by atoms with Crippen molar-refractivity contribution in [3.63, 3.8) is 0 Å². The molecule has 8 nitrogen and oxygen atoms in total. The van der Waals surface area contributed by atoms with Crippen molar-refractivity contribution in [2.24, 2.45) is 0 Å². The molecule has 2 N–H and O–H groups in total. The van der Waals surface area contributed by atoms with E-state index in [1.165, 1.54) is 4.57 Å². The first-order chi connectivity index (χ1) is 14.9. The van der Waals surface area contributed by atoms with Gasteiger partial charge < -0.3 is 15.2 Å². The number of nitrogens with one attached hydrogen (secondary N) is 2. The lowest BCUT2D eigenvalue weighted by molar-refractivity contribution is -0.116. The van der Waals surface area contributed by atoms with Crippen molar-refractivity contribution >= 4 is 17.5 Å². The van der Waals surface area contributed by atoms with Crippen molar-refractivity contribution < 1.29 is 9.59 Å². The second-order valence-corrected chi connectivity index (χ2v) is 6.98. The topological polar surface area (TPSA) is 117 Å². The maximum absolute atomic E-state index is 12.4. The normalized spacial score (nSPS) is 10.2. The Labute approximate surface area is 179 Å². The summed E-state index contributed by atoms with van der Waals surface area (Å²) >= 11 is 0. The second kappa shape index (κ2) is 9.50. The minimum absolute atomic E-state index is 0.0273. The lowest BCUT2D eigenvalue weighted by Gasteiger charge is -2.12. The lowest BCUT2D eigenvalue weighted by atomic mass is 10.1. The monoisotopic (exact) mass is 415 g/mol.